The first-order chi connectivity index (χ1) is 12.0. The molecule has 0 fully saturated rings. The van der Waals surface area contributed by atoms with Gasteiger partial charge in [0.15, 0.2) is 5.13 Å². The van der Waals surface area contributed by atoms with Crippen molar-refractivity contribution in [2.75, 3.05) is 5.32 Å². The number of benzene rings is 1. The minimum absolute atomic E-state index is 0.217. The zero-order valence-corrected chi connectivity index (χ0v) is 16.0. The summed E-state index contributed by atoms with van der Waals surface area (Å²) in [4.78, 5) is 17.7. The van der Waals surface area contributed by atoms with Crippen molar-refractivity contribution in [3.63, 3.8) is 0 Å². The first-order valence-electron chi connectivity index (χ1n) is 7.69. The lowest BCUT2D eigenvalue weighted by Gasteiger charge is -2.02. The number of carbonyl (C=O) groups excluding carboxylic acids is 1. The van der Waals surface area contributed by atoms with Crippen LogP contribution in [-0.4, -0.2) is 20.7 Å². The van der Waals surface area contributed by atoms with E-state index >= 15 is 0 Å². The molecule has 3 aromatic rings. The molecule has 0 aliphatic rings. The number of aryl methyl sites for hydroxylation is 2. The maximum absolute atomic E-state index is 12.4. The highest BCUT2D eigenvalue weighted by Gasteiger charge is 2.14. The van der Waals surface area contributed by atoms with E-state index in [0.717, 1.165) is 22.6 Å². The summed E-state index contributed by atoms with van der Waals surface area (Å²) < 4.78 is 1.58. The van der Waals surface area contributed by atoms with Gasteiger partial charge in [0.05, 0.1) is 15.7 Å². The van der Waals surface area contributed by atoms with Crippen LogP contribution in [-0.2, 0) is 19.9 Å². The van der Waals surface area contributed by atoms with Gasteiger partial charge in [0, 0.05) is 24.5 Å². The van der Waals surface area contributed by atoms with Crippen LogP contribution < -0.4 is 5.32 Å². The second kappa shape index (κ2) is 7.56. The van der Waals surface area contributed by atoms with Crippen LogP contribution in [0.2, 0.25) is 10.0 Å². The third-order valence-corrected chi connectivity index (χ3v) is 5.31. The molecule has 2 aromatic heterocycles. The third kappa shape index (κ3) is 4.21. The lowest BCUT2D eigenvalue weighted by Crippen LogP contribution is -2.15. The summed E-state index contributed by atoms with van der Waals surface area (Å²) in [6.45, 7) is 2.00. The zero-order valence-electron chi connectivity index (χ0n) is 13.7. The van der Waals surface area contributed by atoms with Crippen LogP contribution in [0.1, 0.15) is 33.5 Å². The van der Waals surface area contributed by atoms with E-state index in [-0.39, 0.29) is 5.91 Å². The molecular weight excluding hydrogens is 379 g/mol. The molecule has 0 aliphatic heterocycles. The van der Waals surface area contributed by atoms with Crippen molar-refractivity contribution in [3.8, 4) is 0 Å². The lowest BCUT2D eigenvalue weighted by molar-refractivity contribution is 0.101. The van der Waals surface area contributed by atoms with E-state index in [1.165, 1.54) is 11.3 Å². The number of hydrogen-bond acceptors (Lipinski definition) is 4. The van der Waals surface area contributed by atoms with Crippen molar-refractivity contribution in [2.24, 2.45) is 7.05 Å². The van der Waals surface area contributed by atoms with Gasteiger partial charge in [-0.05, 0) is 30.2 Å². The zero-order chi connectivity index (χ0) is 18.0. The average Bonchev–Trinajstić information content (AvgIpc) is 3.17. The van der Waals surface area contributed by atoms with E-state index in [0.29, 0.717) is 27.3 Å². The molecule has 1 amide bonds. The largest absolute Gasteiger partial charge is 0.296 e. The number of aromatic nitrogens is 3. The monoisotopic (exact) mass is 394 g/mol. The highest BCUT2D eigenvalue weighted by Crippen LogP contribution is 2.26. The van der Waals surface area contributed by atoms with Crippen molar-refractivity contribution < 1.29 is 4.79 Å². The van der Waals surface area contributed by atoms with Crippen LogP contribution in [0, 0.1) is 0 Å². The number of anilines is 1. The molecule has 0 spiro atoms. The van der Waals surface area contributed by atoms with Gasteiger partial charge < -0.3 is 0 Å². The Labute approximate surface area is 159 Å². The van der Waals surface area contributed by atoms with Gasteiger partial charge in [-0.25, -0.2) is 4.98 Å². The molecule has 0 bridgehead atoms. The van der Waals surface area contributed by atoms with Gasteiger partial charge in [0.1, 0.15) is 5.69 Å². The van der Waals surface area contributed by atoms with Gasteiger partial charge in [-0.3, -0.25) is 14.8 Å². The molecular formula is C17H16Cl2N4OS. The van der Waals surface area contributed by atoms with E-state index < -0.39 is 0 Å². The van der Waals surface area contributed by atoms with Crippen LogP contribution in [0.4, 0.5) is 5.13 Å². The van der Waals surface area contributed by atoms with Crippen LogP contribution in [0.25, 0.3) is 0 Å². The molecule has 0 unspecified atom stereocenters. The quantitative estimate of drug-likeness (QED) is 0.688. The summed E-state index contributed by atoms with van der Waals surface area (Å²) in [6.07, 6.45) is 3.21. The second-order valence-corrected chi connectivity index (χ2v) is 7.44. The number of carbonyl (C=O) groups is 1. The topological polar surface area (TPSA) is 59.8 Å². The van der Waals surface area contributed by atoms with Crippen molar-refractivity contribution in [1.29, 1.82) is 0 Å². The van der Waals surface area contributed by atoms with Gasteiger partial charge in [-0.2, -0.15) is 5.10 Å². The van der Waals surface area contributed by atoms with Crippen molar-refractivity contribution in [3.05, 3.63) is 62.3 Å². The van der Waals surface area contributed by atoms with Gasteiger partial charge in [0.2, 0.25) is 0 Å². The third-order valence-electron chi connectivity index (χ3n) is 3.66. The molecule has 25 heavy (non-hydrogen) atoms. The summed E-state index contributed by atoms with van der Waals surface area (Å²) in [7, 11) is 1.76. The summed E-state index contributed by atoms with van der Waals surface area (Å²) in [6, 6.07) is 7.33. The average molecular weight is 395 g/mol. The summed E-state index contributed by atoms with van der Waals surface area (Å²) >= 11 is 13.4. The minimum atomic E-state index is -0.217. The fraction of sp³-hybridized carbons (Fsp3) is 0.235. The fourth-order valence-corrected chi connectivity index (χ4v) is 3.53. The standard InChI is InChI=1S/C17H16Cl2N4OS/c1-3-11-8-15(23(2)22-11)16(24)21-17-20-9-12(25-17)6-10-4-5-13(18)14(19)7-10/h4-5,7-9H,3,6H2,1-2H3,(H,20,21,24). The van der Waals surface area contributed by atoms with Crippen LogP contribution in [0.15, 0.2) is 30.5 Å². The van der Waals surface area contributed by atoms with E-state index in [4.69, 9.17) is 23.2 Å². The molecule has 130 valence electrons. The number of amides is 1. The molecule has 1 aromatic carbocycles. The van der Waals surface area contributed by atoms with E-state index in [9.17, 15) is 4.79 Å². The van der Waals surface area contributed by atoms with E-state index in [1.54, 1.807) is 30.1 Å². The minimum Gasteiger partial charge on any atom is -0.296 e. The Morgan fingerprint density at radius 3 is 2.76 bits per heavy atom. The smallest absolute Gasteiger partial charge is 0.275 e. The number of nitrogens with one attached hydrogen (secondary N) is 1. The Kier molecular flexibility index (Phi) is 5.42. The highest BCUT2D eigenvalue weighted by molar-refractivity contribution is 7.15. The molecule has 3 rings (SSSR count). The molecule has 0 aliphatic carbocycles. The molecule has 0 atom stereocenters. The van der Waals surface area contributed by atoms with E-state index in [1.807, 2.05) is 19.1 Å². The summed E-state index contributed by atoms with van der Waals surface area (Å²) in [5, 5.41) is 8.72. The Morgan fingerprint density at radius 2 is 2.08 bits per heavy atom. The first kappa shape index (κ1) is 17.9. The van der Waals surface area contributed by atoms with Crippen LogP contribution in [0.5, 0.6) is 0 Å². The molecule has 2 heterocycles. The summed E-state index contributed by atoms with van der Waals surface area (Å²) in [5.41, 5.74) is 2.43. The van der Waals surface area contributed by atoms with Crippen molar-refractivity contribution >= 4 is 45.6 Å². The Hall–Kier alpha value is -1.89. The molecule has 5 nitrogen and oxygen atoms in total. The van der Waals surface area contributed by atoms with Crippen molar-refractivity contribution in [1.82, 2.24) is 14.8 Å². The number of halogens is 2. The molecule has 1 N–H and O–H groups in total. The lowest BCUT2D eigenvalue weighted by atomic mass is 10.1. The maximum atomic E-state index is 12.4. The Bertz CT molecular complexity index is 919. The summed E-state index contributed by atoms with van der Waals surface area (Å²) in [5.74, 6) is -0.217. The SMILES string of the molecule is CCc1cc(C(=O)Nc2ncc(Cc3ccc(Cl)c(Cl)c3)s2)n(C)n1. The van der Waals surface area contributed by atoms with Gasteiger partial charge in [0.25, 0.3) is 5.91 Å². The maximum Gasteiger partial charge on any atom is 0.275 e. The number of nitrogens with zero attached hydrogens (tertiary/aromatic N) is 3. The molecule has 0 radical (unpaired) electrons. The Morgan fingerprint density at radius 1 is 1.28 bits per heavy atom. The number of thiazole rings is 1. The fourth-order valence-electron chi connectivity index (χ4n) is 2.37. The molecule has 0 saturated heterocycles. The van der Waals surface area contributed by atoms with Gasteiger partial charge >= 0.3 is 0 Å². The first-order valence-corrected chi connectivity index (χ1v) is 9.26. The molecule has 8 heteroatoms. The van der Waals surface area contributed by atoms with Crippen LogP contribution >= 0.6 is 34.5 Å². The number of hydrogen-bond donors (Lipinski definition) is 1. The van der Waals surface area contributed by atoms with Gasteiger partial charge in [-0.1, -0.05) is 36.2 Å². The predicted molar refractivity (Wildman–Crippen MR) is 102 cm³/mol. The van der Waals surface area contributed by atoms with E-state index in [2.05, 4.69) is 15.4 Å². The highest BCUT2D eigenvalue weighted by atomic mass is 35.5. The predicted octanol–water partition coefficient (Wildman–Crippen LogP) is 4.59. The number of rotatable bonds is 5. The van der Waals surface area contributed by atoms with Gasteiger partial charge in [-0.15, -0.1) is 11.3 Å². The Balaban J connectivity index is 1.69. The normalized spacial score (nSPS) is 10.9. The second-order valence-electron chi connectivity index (χ2n) is 5.51. The molecule has 0 saturated carbocycles. The van der Waals surface area contributed by atoms with Crippen molar-refractivity contribution in [2.45, 2.75) is 19.8 Å². The van der Waals surface area contributed by atoms with Crippen LogP contribution in [0.3, 0.4) is 0 Å².